The van der Waals surface area contributed by atoms with E-state index in [2.05, 4.69) is 6.92 Å². The van der Waals surface area contributed by atoms with Crippen LogP contribution in [0.15, 0.2) is 0 Å². The van der Waals surface area contributed by atoms with E-state index in [4.69, 9.17) is 0 Å². The smallest absolute Gasteiger partial charge is 0.120 e. The Kier molecular flexibility index (Phi) is 9.44. The molecule has 0 fully saturated rings. The molecule has 0 saturated carbocycles. The minimum absolute atomic E-state index is 0.258. The predicted octanol–water partition coefficient (Wildman–Crippen LogP) is 2.69. The Morgan fingerprint density at radius 1 is 1.15 bits per heavy atom. The largest absolute Gasteiger partial charge is 0.393 e. The highest BCUT2D eigenvalue weighted by molar-refractivity contribution is 5.49. The Morgan fingerprint density at radius 2 is 1.85 bits per heavy atom. The average molecular weight is 186 g/mol. The number of carbonyl (C=O) groups excluding carboxylic acids is 1. The summed E-state index contributed by atoms with van der Waals surface area (Å²) in [4.78, 5) is 10.0. The molecule has 0 bridgehead atoms. The van der Waals surface area contributed by atoms with Gasteiger partial charge >= 0.3 is 0 Å². The molecule has 0 aromatic rings. The highest BCUT2D eigenvalue weighted by Crippen LogP contribution is 2.09. The van der Waals surface area contributed by atoms with Gasteiger partial charge in [0.1, 0.15) is 6.29 Å². The van der Waals surface area contributed by atoms with Crippen LogP contribution in [0.3, 0.4) is 0 Å². The van der Waals surface area contributed by atoms with Crippen molar-refractivity contribution in [3.05, 3.63) is 0 Å². The first-order valence-electron chi connectivity index (χ1n) is 5.43. The van der Waals surface area contributed by atoms with Crippen molar-refractivity contribution in [3.8, 4) is 0 Å². The molecule has 0 amide bonds. The first-order chi connectivity index (χ1) is 6.31. The Balaban J connectivity index is 3.07. The first-order valence-corrected chi connectivity index (χ1v) is 5.43. The number of aliphatic hydroxyl groups is 1. The molecule has 0 aromatic heterocycles. The molecule has 2 nitrogen and oxygen atoms in total. The van der Waals surface area contributed by atoms with Gasteiger partial charge in [-0.25, -0.2) is 0 Å². The predicted molar refractivity (Wildman–Crippen MR) is 54.7 cm³/mol. The van der Waals surface area contributed by atoms with Crippen LogP contribution in [-0.2, 0) is 4.79 Å². The molecule has 0 radical (unpaired) electrons. The third-order valence-corrected chi connectivity index (χ3v) is 2.26. The fraction of sp³-hybridized carbons (Fsp3) is 0.909. The van der Waals surface area contributed by atoms with E-state index in [1.807, 2.05) is 0 Å². The van der Waals surface area contributed by atoms with Crippen LogP contribution in [0.2, 0.25) is 0 Å². The van der Waals surface area contributed by atoms with Gasteiger partial charge in [0, 0.05) is 6.42 Å². The number of aldehydes is 1. The topological polar surface area (TPSA) is 37.3 Å². The van der Waals surface area contributed by atoms with E-state index in [1.54, 1.807) is 0 Å². The van der Waals surface area contributed by atoms with Gasteiger partial charge in [0.25, 0.3) is 0 Å². The molecule has 1 N–H and O–H groups in total. The monoisotopic (exact) mass is 186 g/mol. The van der Waals surface area contributed by atoms with Crippen LogP contribution >= 0.6 is 0 Å². The minimum atomic E-state index is -0.258. The quantitative estimate of drug-likeness (QED) is 0.444. The molecule has 13 heavy (non-hydrogen) atoms. The second-order valence-electron chi connectivity index (χ2n) is 3.60. The molecule has 1 unspecified atom stereocenters. The zero-order valence-electron chi connectivity index (χ0n) is 8.67. The summed E-state index contributed by atoms with van der Waals surface area (Å²) < 4.78 is 0. The maximum atomic E-state index is 10.0. The van der Waals surface area contributed by atoms with Gasteiger partial charge < -0.3 is 9.90 Å². The van der Waals surface area contributed by atoms with Crippen molar-refractivity contribution in [1.29, 1.82) is 0 Å². The molecule has 2 heteroatoms. The summed E-state index contributed by atoms with van der Waals surface area (Å²) in [6.45, 7) is 2.19. The first kappa shape index (κ1) is 12.6. The molecule has 0 aliphatic rings. The molecule has 0 heterocycles. The van der Waals surface area contributed by atoms with Gasteiger partial charge in [-0.2, -0.15) is 0 Å². The summed E-state index contributed by atoms with van der Waals surface area (Å²) in [6.07, 6.45) is 8.75. The maximum absolute atomic E-state index is 10.0. The van der Waals surface area contributed by atoms with Crippen LogP contribution in [0.25, 0.3) is 0 Å². The number of unbranched alkanes of at least 4 members (excludes halogenated alkanes) is 4. The third-order valence-electron chi connectivity index (χ3n) is 2.26. The SMILES string of the molecule is CCCCCCCC(O)CCC=O. The summed E-state index contributed by atoms with van der Waals surface area (Å²) in [5.74, 6) is 0. The van der Waals surface area contributed by atoms with E-state index in [-0.39, 0.29) is 6.10 Å². The number of rotatable bonds is 9. The highest BCUT2D eigenvalue weighted by atomic mass is 16.3. The van der Waals surface area contributed by atoms with Crippen molar-refractivity contribution in [1.82, 2.24) is 0 Å². The standard InChI is InChI=1S/C11H22O2/c1-2-3-4-5-6-8-11(13)9-7-10-12/h10-11,13H,2-9H2,1H3. The minimum Gasteiger partial charge on any atom is -0.393 e. The zero-order chi connectivity index (χ0) is 9.94. The van der Waals surface area contributed by atoms with Crippen molar-refractivity contribution in [2.45, 2.75) is 64.4 Å². The van der Waals surface area contributed by atoms with E-state index in [9.17, 15) is 9.90 Å². The van der Waals surface area contributed by atoms with Gasteiger partial charge in [0.2, 0.25) is 0 Å². The molecule has 0 aliphatic carbocycles. The third kappa shape index (κ3) is 9.54. The lowest BCUT2D eigenvalue weighted by Gasteiger charge is -2.07. The van der Waals surface area contributed by atoms with Crippen molar-refractivity contribution >= 4 is 6.29 Å². The number of hydrogen-bond acceptors (Lipinski definition) is 2. The maximum Gasteiger partial charge on any atom is 0.120 e. The molecule has 0 aliphatic heterocycles. The van der Waals surface area contributed by atoms with E-state index in [0.29, 0.717) is 12.8 Å². The van der Waals surface area contributed by atoms with Crippen LogP contribution in [0.4, 0.5) is 0 Å². The van der Waals surface area contributed by atoms with E-state index in [1.165, 1.54) is 25.7 Å². The fourth-order valence-electron chi connectivity index (χ4n) is 1.39. The van der Waals surface area contributed by atoms with Gasteiger partial charge in [-0.3, -0.25) is 0 Å². The highest BCUT2D eigenvalue weighted by Gasteiger charge is 2.02. The second-order valence-corrected chi connectivity index (χ2v) is 3.60. The number of aliphatic hydroxyl groups excluding tert-OH is 1. The van der Waals surface area contributed by atoms with E-state index < -0.39 is 0 Å². The van der Waals surface area contributed by atoms with Crippen molar-refractivity contribution in [3.63, 3.8) is 0 Å². The van der Waals surface area contributed by atoms with Gasteiger partial charge in [-0.1, -0.05) is 39.0 Å². The Bertz CT molecular complexity index is 113. The molecule has 0 aromatic carbocycles. The Hall–Kier alpha value is -0.370. The van der Waals surface area contributed by atoms with Gasteiger partial charge in [-0.05, 0) is 12.8 Å². The summed E-state index contributed by atoms with van der Waals surface area (Å²) in [5.41, 5.74) is 0. The molecular weight excluding hydrogens is 164 g/mol. The summed E-state index contributed by atoms with van der Waals surface area (Å²) in [7, 11) is 0. The zero-order valence-corrected chi connectivity index (χ0v) is 8.67. The van der Waals surface area contributed by atoms with Crippen molar-refractivity contribution in [2.75, 3.05) is 0 Å². The molecule has 0 rings (SSSR count). The summed E-state index contributed by atoms with van der Waals surface area (Å²) >= 11 is 0. The Labute approximate surface area is 81.3 Å². The van der Waals surface area contributed by atoms with Crippen LogP contribution in [0.1, 0.15) is 58.3 Å². The lowest BCUT2D eigenvalue weighted by atomic mass is 10.1. The molecular formula is C11H22O2. The summed E-state index contributed by atoms with van der Waals surface area (Å²) in [5, 5.41) is 9.38. The van der Waals surface area contributed by atoms with Crippen LogP contribution in [0, 0.1) is 0 Å². The van der Waals surface area contributed by atoms with Crippen LogP contribution in [-0.4, -0.2) is 17.5 Å². The van der Waals surface area contributed by atoms with Crippen molar-refractivity contribution < 1.29 is 9.90 Å². The average Bonchev–Trinajstić information content (AvgIpc) is 2.14. The van der Waals surface area contributed by atoms with Crippen molar-refractivity contribution in [2.24, 2.45) is 0 Å². The second kappa shape index (κ2) is 9.72. The molecule has 78 valence electrons. The number of carbonyl (C=O) groups is 1. The lowest BCUT2D eigenvalue weighted by Crippen LogP contribution is -2.06. The molecule has 0 spiro atoms. The van der Waals surface area contributed by atoms with Gasteiger partial charge in [0.15, 0.2) is 0 Å². The summed E-state index contributed by atoms with van der Waals surface area (Å²) in [6, 6.07) is 0. The van der Waals surface area contributed by atoms with E-state index in [0.717, 1.165) is 19.1 Å². The fourth-order valence-corrected chi connectivity index (χ4v) is 1.39. The number of hydrogen-bond donors (Lipinski definition) is 1. The van der Waals surface area contributed by atoms with Gasteiger partial charge in [-0.15, -0.1) is 0 Å². The normalized spacial score (nSPS) is 12.8. The van der Waals surface area contributed by atoms with Gasteiger partial charge in [0.05, 0.1) is 6.10 Å². The van der Waals surface area contributed by atoms with Crippen LogP contribution < -0.4 is 0 Å². The Morgan fingerprint density at radius 3 is 2.46 bits per heavy atom. The van der Waals surface area contributed by atoms with Crippen LogP contribution in [0.5, 0.6) is 0 Å². The lowest BCUT2D eigenvalue weighted by molar-refractivity contribution is -0.108. The van der Waals surface area contributed by atoms with E-state index >= 15 is 0 Å². The molecule has 0 saturated heterocycles. The molecule has 1 atom stereocenters.